The van der Waals surface area contributed by atoms with Crippen molar-refractivity contribution in [1.82, 2.24) is 9.97 Å². The normalized spacial score (nSPS) is 12.8. The molecule has 6 heteroatoms. The van der Waals surface area contributed by atoms with Crippen LogP contribution >= 0.6 is 0 Å². The molecule has 4 rings (SSSR count). The Morgan fingerprint density at radius 2 is 1.89 bits per heavy atom. The number of benzene rings is 2. The highest BCUT2D eigenvalue weighted by atomic mass is 16.5. The monoisotopic (exact) mass is 374 g/mol. The molecule has 0 saturated heterocycles. The van der Waals surface area contributed by atoms with Crippen LogP contribution in [0.3, 0.4) is 0 Å². The molecule has 1 aliphatic heterocycles. The molecule has 2 aromatic carbocycles. The third-order valence-corrected chi connectivity index (χ3v) is 4.53. The molecule has 0 saturated carbocycles. The van der Waals surface area contributed by atoms with Crippen molar-refractivity contribution < 1.29 is 9.53 Å². The van der Waals surface area contributed by atoms with Gasteiger partial charge in [0, 0.05) is 24.0 Å². The summed E-state index contributed by atoms with van der Waals surface area (Å²) >= 11 is 0. The Bertz CT molecular complexity index is 986. The fourth-order valence-corrected chi connectivity index (χ4v) is 3.28. The Balaban J connectivity index is 1.49. The van der Waals surface area contributed by atoms with E-state index >= 15 is 0 Å². The molecule has 6 nitrogen and oxygen atoms in total. The highest BCUT2D eigenvalue weighted by Crippen LogP contribution is 2.33. The summed E-state index contributed by atoms with van der Waals surface area (Å²) in [7, 11) is 0. The van der Waals surface area contributed by atoms with Gasteiger partial charge in [0.1, 0.15) is 23.6 Å². The first-order chi connectivity index (χ1) is 13.6. The largest absolute Gasteiger partial charge is 0.491 e. The number of nitrogens with one attached hydrogen (secondary N) is 1. The third kappa shape index (κ3) is 3.81. The van der Waals surface area contributed by atoms with E-state index in [1.807, 2.05) is 50.2 Å². The van der Waals surface area contributed by atoms with Gasteiger partial charge in [0.15, 0.2) is 0 Å². The van der Waals surface area contributed by atoms with Crippen LogP contribution < -0.4 is 15.0 Å². The second kappa shape index (κ2) is 7.68. The minimum atomic E-state index is -0.270. The molecule has 142 valence electrons. The molecule has 1 amide bonds. The predicted molar refractivity (Wildman–Crippen MR) is 109 cm³/mol. The predicted octanol–water partition coefficient (Wildman–Crippen LogP) is 4.21. The molecule has 0 spiro atoms. The van der Waals surface area contributed by atoms with Crippen molar-refractivity contribution in [2.45, 2.75) is 26.4 Å². The number of para-hydroxylation sites is 1. The summed E-state index contributed by atoms with van der Waals surface area (Å²) in [6.45, 7) is 4.79. The Hall–Kier alpha value is -3.41. The Labute approximate surface area is 164 Å². The number of anilines is 3. The fourth-order valence-electron chi connectivity index (χ4n) is 3.28. The van der Waals surface area contributed by atoms with Gasteiger partial charge in [0.25, 0.3) is 5.91 Å². The molecule has 1 N–H and O–H groups in total. The zero-order valence-electron chi connectivity index (χ0n) is 15.9. The molecular weight excluding hydrogens is 352 g/mol. The van der Waals surface area contributed by atoms with Gasteiger partial charge in [0.2, 0.25) is 0 Å². The molecule has 0 bridgehead atoms. The minimum Gasteiger partial charge on any atom is -0.491 e. The minimum absolute atomic E-state index is 0.107. The van der Waals surface area contributed by atoms with Crippen molar-refractivity contribution in [1.29, 1.82) is 0 Å². The van der Waals surface area contributed by atoms with Gasteiger partial charge in [0.05, 0.1) is 6.10 Å². The highest BCUT2D eigenvalue weighted by Gasteiger charge is 2.22. The van der Waals surface area contributed by atoms with E-state index in [1.54, 1.807) is 6.07 Å². The molecule has 0 radical (unpaired) electrons. The first-order valence-corrected chi connectivity index (χ1v) is 9.36. The van der Waals surface area contributed by atoms with Gasteiger partial charge in [-0.3, -0.25) is 4.79 Å². The van der Waals surface area contributed by atoms with Gasteiger partial charge >= 0.3 is 0 Å². The van der Waals surface area contributed by atoms with Crippen molar-refractivity contribution in [3.63, 3.8) is 0 Å². The number of aromatic nitrogens is 2. The van der Waals surface area contributed by atoms with Crippen LogP contribution in [-0.2, 0) is 6.42 Å². The second-order valence-electron chi connectivity index (χ2n) is 6.94. The Morgan fingerprint density at radius 3 is 2.68 bits per heavy atom. The first kappa shape index (κ1) is 18.0. The number of amides is 1. The van der Waals surface area contributed by atoms with Crippen molar-refractivity contribution in [3.05, 3.63) is 72.2 Å². The molecule has 1 aromatic heterocycles. The standard InChI is InChI=1S/C22H22N4O2/c1-15(2)28-18-9-7-17(8-10-18)25-22(27)19-13-21(24-14-23-19)26-12-11-16-5-3-4-6-20(16)26/h3-10,13-15H,11-12H2,1-2H3,(H,25,27). The summed E-state index contributed by atoms with van der Waals surface area (Å²) < 4.78 is 5.62. The molecule has 3 aromatic rings. The maximum absolute atomic E-state index is 12.6. The Morgan fingerprint density at radius 1 is 1.11 bits per heavy atom. The molecule has 0 aliphatic carbocycles. The second-order valence-corrected chi connectivity index (χ2v) is 6.94. The van der Waals surface area contributed by atoms with E-state index in [0.717, 1.165) is 30.2 Å². The van der Waals surface area contributed by atoms with Crippen LogP contribution in [0.25, 0.3) is 0 Å². The molecular formula is C22H22N4O2. The number of hydrogen-bond acceptors (Lipinski definition) is 5. The van der Waals surface area contributed by atoms with Gasteiger partial charge in [-0.2, -0.15) is 0 Å². The van der Waals surface area contributed by atoms with Gasteiger partial charge in [-0.25, -0.2) is 9.97 Å². The summed E-state index contributed by atoms with van der Waals surface area (Å²) in [5.74, 6) is 1.23. The molecule has 1 aliphatic rings. The molecule has 0 fully saturated rings. The van der Waals surface area contributed by atoms with Gasteiger partial charge < -0.3 is 15.0 Å². The fraction of sp³-hybridized carbons (Fsp3) is 0.227. The van der Waals surface area contributed by atoms with Crippen LogP contribution in [-0.4, -0.2) is 28.5 Å². The average Bonchev–Trinajstić information content (AvgIpc) is 3.13. The zero-order valence-corrected chi connectivity index (χ0v) is 15.9. The van der Waals surface area contributed by atoms with Crippen molar-refractivity contribution in [2.24, 2.45) is 0 Å². The van der Waals surface area contributed by atoms with Crippen LogP contribution in [0.4, 0.5) is 17.2 Å². The lowest BCUT2D eigenvalue weighted by atomic mass is 10.2. The number of nitrogens with zero attached hydrogens (tertiary/aromatic N) is 3. The smallest absolute Gasteiger partial charge is 0.274 e. The van der Waals surface area contributed by atoms with E-state index in [-0.39, 0.29) is 12.0 Å². The molecule has 0 atom stereocenters. The van der Waals surface area contributed by atoms with Crippen molar-refractivity contribution >= 4 is 23.1 Å². The van der Waals surface area contributed by atoms with Gasteiger partial charge in [-0.15, -0.1) is 0 Å². The number of carbonyl (C=O) groups is 1. The summed E-state index contributed by atoms with van der Waals surface area (Å²) in [6.07, 6.45) is 2.51. The van der Waals surface area contributed by atoms with Crippen LogP contribution in [0.15, 0.2) is 60.9 Å². The SMILES string of the molecule is CC(C)Oc1ccc(NC(=O)c2cc(N3CCc4ccccc43)ncn2)cc1. The summed E-state index contributed by atoms with van der Waals surface area (Å²) in [5.41, 5.74) is 3.44. The first-order valence-electron chi connectivity index (χ1n) is 9.36. The van der Waals surface area contributed by atoms with Crippen LogP contribution in [0.1, 0.15) is 29.9 Å². The maximum atomic E-state index is 12.6. The molecule has 0 unspecified atom stereocenters. The number of fused-ring (bicyclic) bond motifs is 1. The third-order valence-electron chi connectivity index (χ3n) is 4.53. The number of ether oxygens (including phenoxy) is 1. The average molecular weight is 374 g/mol. The van der Waals surface area contributed by atoms with E-state index in [4.69, 9.17) is 4.74 Å². The van der Waals surface area contributed by atoms with Crippen LogP contribution in [0, 0.1) is 0 Å². The van der Waals surface area contributed by atoms with E-state index < -0.39 is 0 Å². The molecule has 28 heavy (non-hydrogen) atoms. The number of carbonyl (C=O) groups excluding carboxylic acids is 1. The summed E-state index contributed by atoms with van der Waals surface area (Å²) in [6, 6.07) is 17.3. The van der Waals surface area contributed by atoms with Gasteiger partial charge in [-0.1, -0.05) is 18.2 Å². The van der Waals surface area contributed by atoms with Crippen molar-refractivity contribution in [3.8, 4) is 5.75 Å². The maximum Gasteiger partial charge on any atom is 0.274 e. The van der Waals surface area contributed by atoms with Gasteiger partial charge in [-0.05, 0) is 56.2 Å². The van der Waals surface area contributed by atoms with Crippen LogP contribution in [0.5, 0.6) is 5.75 Å². The lowest BCUT2D eigenvalue weighted by molar-refractivity contribution is 0.102. The summed E-state index contributed by atoms with van der Waals surface area (Å²) in [5, 5.41) is 2.87. The summed E-state index contributed by atoms with van der Waals surface area (Å²) in [4.78, 5) is 23.3. The lowest BCUT2D eigenvalue weighted by Crippen LogP contribution is -2.18. The van der Waals surface area contributed by atoms with Crippen molar-refractivity contribution in [2.75, 3.05) is 16.8 Å². The topological polar surface area (TPSA) is 67.3 Å². The van der Waals surface area contributed by atoms with E-state index in [1.165, 1.54) is 11.9 Å². The van der Waals surface area contributed by atoms with E-state index in [2.05, 4.69) is 32.3 Å². The number of hydrogen-bond donors (Lipinski definition) is 1. The van der Waals surface area contributed by atoms with E-state index in [9.17, 15) is 4.79 Å². The van der Waals surface area contributed by atoms with Crippen LogP contribution in [0.2, 0.25) is 0 Å². The lowest BCUT2D eigenvalue weighted by Gasteiger charge is -2.18. The Kier molecular flexibility index (Phi) is 4.93. The highest BCUT2D eigenvalue weighted by molar-refractivity contribution is 6.03. The molecule has 2 heterocycles. The number of rotatable bonds is 5. The quantitative estimate of drug-likeness (QED) is 0.725. The van der Waals surface area contributed by atoms with E-state index in [0.29, 0.717) is 11.4 Å². The zero-order chi connectivity index (χ0) is 19.5.